The zero-order valence-corrected chi connectivity index (χ0v) is 11.8. The first-order valence-corrected chi connectivity index (χ1v) is 6.40. The van der Waals surface area contributed by atoms with Crippen LogP contribution < -0.4 is 5.56 Å². The summed E-state index contributed by atoms with van der Waals surface area (Å²) in [6, 6.07) is 6.65. The van der Waals surface area contributed by atoms with E-state index in [9.17, 15) is 4.79 Å². The molecule has 0 aliphatic carbocycles. The van der Waals surface area contributed by atoms with Crippen LogP contribution in [0.3, 0.4) is 0 Å². The second-order valence-electron chi connectivity index (χ2n) is 3.83. The summed E-state index contributed by atoms with van der Waals surface area (Å²) >= 11 is 17.9. The number of hydrogen-bond donors (Lipinski definition) is 1. The second kappa shape index (κ2) is 5.66. The Bertz CT molecular complexity index is 732. The van der Waals surface area contributed by atoms with E-state index in [0.29, 0.717) is 31.8 Å². The molecule has 2 rings (SSSR count). The first kappa shape index (κ1) is 14.0. The van der Waals surface area contributed by atoms with Gasteiger partial charge in [-0.25, -0.2) is 0 Å². The van der Waals surface area contributed by atoms with Crippen molar-refractivity contribution in [1.82, 2.24) is 4.98 Å². The summed E-state index contributed by atoms with van der Waals surface area (Å²) < 4.78 is 0. The SMILES string of the molecule is N#CCc1c[nH]c(=O)c(-c2cc(Cl)c(Cl)cc2Cl)c1. The van der Waals surface area contributed by atoms with Gasteiger partial charge in [-0.15, -0.1) is 0 Å². The van der Waals surface area contributed by atoms with Gasteiger partial charge in [-0.2, -0.15) is 5.26 Å². The number of aromatic nitrogens is 1. The molecule has 0 fully saturated rings. The molecule has 3 nitrogen and oxygen atoms in total. The molecule has 19 heavy (non-hydrogen) atoms. The topological polar surface area (TPSA) is 56.6 Å². The molecule has 0 aliphatic rings. The molecule has 1 aromatic heterocycles. The van der Waals surface area contributed by atoms with Crippen LogP contribution in [0.1, 0.15) is 5.56 Å². The fourth-order valence-electron chi connectivity index (χ4n) is 1.65. The van der Waals surface area contributed by atoms with Crippen LogP contribution in [0.5, 0.6) is 0 Å². The number of nitriles is 1. The van der Waals surface area contributed by atoms with Gasteiger partial charge in [0, 0.05) is 17.3 Å². The molecule has 0 spiro atoms. The van der Waals surface area contributed by atoms with Crippen molar-refractivity contribution in [3.8, 4) is 17.2 Å². The minimum atomic E-state index is -0.304. The van der Waals surface area contributed by atoms with Crippen molar-refractivity contribution in [2.45, 2.75) is 6.42 Å². The van der Waals surface area contributed by atoms with Gasteiger partial charge in [-0.1, -0.05) is 34.8 Å². The van der Waals surface area contributed by atoms with Crippen molar-refractivity contribution >= 4 is 34.8 Å². The van der Waals surface area contributed by atoms with E-state index in [-0.39, 0.29) is 12.0 Å². The fraction of sp³-hybridized carbons (Fsp3) is 0.0769. The summed E-state index contributed by atoms with van der Waals surface area (Å²) in [6.07, 6.45) is 1.70. The lowest BCUT2D eigenvalue weighted by atomic mass is 10.0. The molecule has 0 radical (unpaired) electrons. The highest BCUT2D eigenvalue weighted by atomic mass is 35.5. The Morgan fingerprint density at radius 3 is 2.42 bits per heavy atom. The van der Waals surface area contributed by atoms with E-state index in [1.165, 1.54) is 18.3 Å². The number of nitrogens with zero attached hydrogens (tertiary/aromatic N) is 1. The number of aromatic amines is 1. The summed E-state index contributed by atoms with van der Waals surface area (Å²) in [6.45, 7) is 0. The quantitative estimate of drug-likeness (QED) is 0.850. The average molecular weight is 314 g/mol. The lowest BCUT2D eigenvalue weighted by Crippen LogP contribution is -2.09. The maximum atomic E-state index is 11.9. The number of nitrogens with one attached hydrogen (secondary N) is 1. The van der Waals surface area contributed by atoms with Crippen molar-refractivity contribution in [2.75, 3.05) is 0 Å². The van der Waals surface area contributed by atoms with Gasteiger partial charge in [0.25, 0.3) is 5.56 Å². The zero-order valence-electron chi connectivity index (χ0n) is 9.51. The first-order valence-electron chi connectivity index (χ1n) is 5.26. The lowest BCUT2D eigenvalue weighted by molar-refractivity contribution is 1.15. The molecule has 1 N–H and O–H groups in total. The molecule has 0 aliphatic heterocycles. The Kier molecular flexibility index (Phi) is 4.16. The van der Waals surface area contributed by atoms with Crippen LogP contribution >= 0.6 is 34.8 Å². The normalized spacial score (nSPS) is 10.2. The number of benzene rings is 1. The third-order valence-electron chi connectivity index (χ3n) is 2.55. The largest absolute Gasteiger partial charge is 0.328 e. The summed E-state index contributed by atoms with van der Waals surface area (Å²) in [5.41, 5.74) is 1.23. The molecule has 96 valence electrons. The van der Waals surface area contributed by atoms with Crippen LogP contribution in [0.15, 0.2) is 29.2 Å². The van der Waals surface area contributed by atoms with Crippen molar-refractivity contribution in [1.29, 1.82) is 5.26 Å². The van der Waals surface area contributed by atoms with Crippen LogP contribution in [0, 0.1) is 11.3 Å². The Morgan fingerprint density at radius 2 is 1.74 bits per heavy atom. The zero-order chi connectivity index (χ0) is 14.0. The Morgan fingerprint density at radius 1 is 1.05 bits per heavy atom. The predicted octanol–water partition coefficient (Wildman–Crippen LogP) is 4.07. The number of halogens is 3. The Balaban J connectivity index is 2.65. The van der Waals surface area contributed by atoms with Gasteiger partial charge in [0.15, 0.2) is 0 Å². The number of hydrogen-bond acceptors (Lipinski definition) is 2. The highest BCUT2D eigenvalue weighted by Gasteiger charge is 2.12. The van der Waals surface area contributed by atoms with Crippen LogP contribution in [-0.2, 0) is 6.42 Å². The molecule has 1 heterocycles. The van der Waals surface area contributed by atoms with E-state index in [2.05, 4.69) is 4.98 Å². The van der Waals surface area contributed by atoms with Crippen LogP contribution in [0.25, 0.3) is 11.1 Å². The van der Waals surface area contributed by atoms with Gasteiger partial charge in [0.1, 0.15) is 0 Å². The first-order chi connectivity index (χ1) is 9.02. The predicted molar refractivity (Wildman–Crippen MR) is 76.8 cm³/mol. The molecule has 1 aromatic carbocycles. The Hall–Kier alpha value is -1.47. The van der Waals surface area contributed by atoms with Crippen LogP contribution in [0.4, 0.5) is 0 Å². The standard InChI is InChI=1S/C13H7Cl3N2O/c14-10-5-12(16)11(15)4-8(10)9-3-7(1-2-17)6-18-13(9)19/h3-6H,1H2,(H,18,19). The molecule has 6 heteroatoms. The van der Waals surface area contributed by atoms with E-state index < -0.39 is 0 Å². The van der Waals surface area contributed by atoms with Crippen LogP contribution in [-0.4, -0.2) is 4.98 Å². The smallest absolute Gasteiger partial charge is 0.255 e. The maximum Gasteiger partial charge on any atom is 0.255 e. The van der Waals surface area contributed by atoms with Crippen LogP contribution in [0.2, 0.25) is 15.1 Å². The van der Waals surface area contributed by atoms with Gasteiger partial charge in [0.2, 0.25) is 0 Å². The van der Waals surface area contributed by atoms with Crippen molar-refractivity contribution in [2.24, 2.45) is 0 Å². The van der Waals surface area contributed by atoms with Gasteiger partial charge in [-0.3, -0.25) is 4.79 Å². The minimum Gasteiger partial charge on any atom is -0.328 e. The third-order valence-corrected chi connectivity index (χ3v) is 3.58. The van der Waals surface area contributed by atoms with Crippen molar-refractivity contribution < 1.29 is 0 Å². The third kappa shape index (κ3) is 2.93. The molecule has 0 saturated heterocycles. The van der Waals surface area contributed by atoms with E-state index in [1.807, 2.05) is 6.07 Å². The number of H-pyrrole nitrogens is 1. The average Bonchev–Trinajstić information content (AvgIpc) is 2.37. The molecule has 0 atom stereocenters. The van der Waals surface area contributed by atoms with E-state index >= 15 is 0 Å². The molecule has 0 bridgehead atoms. The summed E-state index contributed by atoms with van der Waals surface area (Å²) in [7, 11) is 0. The van der Waals surface area contributed by atoms with Crippen molar-refractivity contribution in [3.05, 3.63) is 55.4 Å². The second-order valence-corrected chi connectivity index (χ2v) is 5.05. The van der Waals surface area contributed by atoms with Gasteiger partial charge in [0.05, 0.1) is 27.6 Å². The molecule has 0 unspecified atom stereocenters. The molecule has 0 amide bonds. The highest BCUT2D eigenvalue weighted by molar-refractivity contribution is 6.44. The molecular weight excluding hydrogens is 307 g/mol. The lowest BCUT2D eigenvalue weighted by Gasteiger charge is -2.07. The van der Waals surface area contributed by atoms with Gasteiger partial charge in [-0.05, 0) is 23.8 Å². The van der Waals surface area contributed by atoms with Gasteiger partial charge < -0.3 is 4.98 Å². The molecular formula is C13H7Cl3N2O. The number of pyridine rings is 1. The fourth-order valence-corrected chi connectivity index (χ4v) is 2.30. The minimum absolute atomic E-state index is 0.197. The summed E-state index contributed by atoms with van der Waals surface area (Å²) in [4.78, 5) is 14.4. The monoisotopic (exact) mass is 312 g/mol. The number of rotatable bonds is 2. The molecule has 2 aromatic rings. The summed E-state index contributed by atoms with van der Waals surface area (Å²) in [5.74, 6) is 0. The van der Waals surface area contributed by atoms with Crippen molar-refractivity contribution in [3.63, 3.8) is 0 Å². The van der Waals surface area contributed by atoms with E-state index in [1.54, 1.807) is 6.07 Å². The molecule has 0 saturated carbocycles. The van der Waals surface area contributed by atoms with E-state index in [4.69, 9.17) is 40.1 Å². The summed E-state index contributed by atoms with van der Waals surface area (Å²) in [5, 5.41) is 9.64. The van der Waals surface area contributed by atoms with Gasteiger partial charge >= 0.3 is 0 Å². The Labute approximate surface area is 124 Å². The van der Waals surface area contributed by atoms with E-state index in [0.717, 1.165) is 0 Å². The highest BCUT2D eigenvalue weighted by Crippen LogP contribution is 2.34. The maximum absolute atomic E-state index is 11.9.